The van der Waals surface area contributed by atoms with Crippen LogP contribution in [0.1, 0.15) is 30.9 Å². The molecule has 0 bridgehead atoms. The highest BCUT2D eigenvalue weighted by Crippen LogP contribution is 2.37. The molecule has 4 nitrogen and oxygen atoms in total. The van der Waals surface area contributed by atoms with Gasteiger partial charge in [0.15, 0.2) is 11.5 Å². The molecule has 1 N–H and O–H groups in total. The van der Waals surface area contributed by atoms with Crippen molar-refractivity contribution in [3.63, 3.8) is 0 Å². The SMILES string of the molecule is CCN1CCC[C@H]1CNCc1cc(Br)c(OCc2ccccc2F)c(OC)c1. The molecule has 0 unspecified atom stereocenters. The number of nitrogens with zero attached hydrogens (tertiary/aromatic N) is 1. The van der Waals surface area contributed by atoms with Crippen LogP contribution in [0.15, 0.2) is 40.9 Å². The number of rotatable bonds is 9. The molecule has 0 saturated carbocycles. The van der Waals surface area contributed by atoms with E-state index in [-0.39, 0.29) is 12.4 Å². The Morgan fingerprint density at radius 1 is 1.29 bits per heavy atom. The first-order valence-electron chi connectivity index (χ1n) is 9.79. The Balaban J connectivity index is 1.61. The average molecular weight is 451 g/mol. The summed E-state index contributed by atoms with van der Waals surface area (Å²) in [6.07, 6.45) is 2.55. The smallest absolute Gasteiger partial charge is 0.175 e. The molecule has 3 rings (SSSR count). The van der Waals surface area contributed by atoms with E-state index < -0.39 is 0 Å². The number of nitrogens with one attached hydrogen (secondary N) is 1. The molecule has 6 heteroatoms. The Hall–Kier alpha value is -1.63. The molecule has 28 heavy (non-hydrogen) atoms. The topological polar surface area (TPSA) is 33.7 Å². The summed E-state index contributed by atoms with van der Waals surface area (Å²) in [5, 5.41) is 3.56. The second-order valence-corrected chi connectivity index (χ2v) is 7.90. The monoisotopic (exact) mass is 450 g/mol. The predicted octanol–water partition coefficient (Wildman–Crippen LogP) is 4.75. The minimum Gasteiger partial charge on any atom is -0.493 e. The Kier molecular flexibility index (Phi) is 7.71. The van der Waals surface area contributed by atoms with Crippen LogP contribution in [0.4, 0.5) is 4.39 Å². The molecule has 1 aliphatic heterocycles. The van der Waals surface area contributed by atoms with Crippen LogP contribution in [0.25, 0.3) is 0 Å². The van der Waals surface area contributed by atoms with Crippen molar-refractivity contribution in [2.24, 2.45) is 0 Å². The molecule has 1 atom stereocenters. The van der Waals surface area contributed by atoms with Crippen molar-refractivity contribution in [3.05, 3.63) is 57.8 Å². The number of hydrogen-bond acceptors (Lipinski definition) is 4. The predicted molar refractivity (Wildman–Crippen MR) is 113 cm³/mol. The van der Waals surface area contributed by atoms with Gasteiger partial charge in [0.25, 0.3) is 0 Å². The molecule has 0 spiro atoms. The van der Waals surface area contributed by atoms with E-state index in [1.807, 2.05) is 12.1 Å². The molecule has 2 aromatic rings. The number of methoxy groups -OCH3 is 1. The molecular formula is C22H28BrFN2O2. The molecule has 0 radical (unpaired) electrons. The highest BCUT2D eigenvalue weighted by atomic mass is 79.9. The number of likely N-dealkylation sites (N-methyl/N-ethyl adjacent to an activating group) is 1. The summed E-state index contributed by atoms with van der Waals surface area (Å²) in [7, 11) is 1.62. The second-order valence-electron chi connectivity index (χ2n) is 7.04. The maximum absolute atomic E-state index is 13.8. The minimum absolute atomic E-state index is 0.147. The van der Waals surface area contributed by atoms with Gasteiger partial charge in [-0.1, -0.05) is 25.1 Å². The van der Waals surface area contributed by atoms with Crippen molar-refractivity contribution in [1.82, 2.24) is 10.2 Å². The van der Waals surface area contributed by atoms with E-state index in [1.54, 1.807) is 25.3 Å². The molecular weight excluding hydrogens is 423 g/mol. The lowest BCUT2D eigenvalue weighted by atomic mass is 10.1. The molecule has 1 aliphatic rings. The third kappa shape index (κ3) is 5.25. The zero-order chi connectivity index (χ0) is 19.9. The number of halogens is 2. The molecule has 152 valence electrons. The van der Waals surface area contributed by atoms with Crippen molar-refractivity contribution in [1.29, 1.82) is 0 Å². The number of ether oxygens (including phenoxy) is 2. The van der Waals surface area contributed by atoms with Crippen LogP contribution in [0.5, 0.6) is 11.5 Å². The lowest BCUT2D eigenvalue weighted by Crippen LogP contribution is -2.37. The van der Waals surface area contributed by atoms with Gasteiger partial charge in [-0.15, -0.1) is 0 Å². The van der Waals surface area contributed by atoms with Crippen LogP contribution in [0.2, 0.25) is 0 Å². The largest absolute Gasteiger partial charge is 0.493 e. The summed E-state index contributed by atoms with van der Waals surface area (Å²) in [6, 6.07) is 11.2. The Labute approximate surface area is 175 Å². The van der Waals surface area contributed by atoms with Gasteiger partial charge in [0.2, 0.25) is 0 Å². The van der Waals surface area contributed by atoms with Crippen molar-refractivity contribution in [3.8, 4) is 11.5 Å². The fourth-order valence-electron chi connectivity index (χ4n) is 3.71. The zero-order valence-electron chi connectivity index (χ0n) is 16.5. The molecule has 1 heterocycles. The van der Waals surface area contributed by atoms with Gasteiger partial charge in [-0.25, -0.2) is 4.39 Å². The maximum Gasteiger partial charge on any atom is 0.175 e. The van der Waals surface area contributed by atoms with Crippen LogP contribution in [-0.2, 0) is 13.2 Å². The lowest BCUT2D eigenvalue weighted by molar-refractivity contribution is 0.259. The number of likely N-dealkylation sites (tertiary alicyclic amines) is 1. The van der Waals surface area contributed by atoms with Gasteiger partial charge in [0, 0.05) is 24.7 Å². The van der Waals surface area contributed by atoms with E-state index in [0.29, 0.717) is 23.1 Å². The Morgan fingerprint density at radius 2 is 2.11 bits per heavy atom. The van der Waals surface area contributed by atoms with Crippen LogP contribution < -0.4 is 14.8 Å². The zero-order valence-corrected chi connectivity index (χ0v) is 18.1. The highest BCUT2D eigenvalue weighted by molar-refractivity contribution is 9.10. The third-order valence-corrected chi connectivity index (χ3v) is 5.82. The number of benzene rings is 2. The fraction of sp³-hybridized carbons (Fsp3) is 0.455. The number of hydrogen-bond donors (Lipinski definition) is 1. The third-order valence-electron chi connectivity index (χ3n) is 5.23. The van der Waals surface area contributed by atoms with Crippen LogP contribution >= 0.6 is 15.9 Å². The summed E-state index contributed by atoms with van der Waals surface area (Å²) >= 11 is 3.58. The first-order valence-corrected chi connectivity index (χ1v) is 10.6. The van der Waals surface area contributed by atoms with Crippen LogP contribution in [0.3, 0.4) is 0 Å². The van der Waals surface area contributed by atoms with E-state index in [4.69, 9.17) is 9.47 Å². The van der Waals surface area contributed by atoms with Gasteiger partial charge in [0.1, 0.15) is 12.4 Å². The van der Waals surface area contributed by atoms with Crippen molar-refractivity contribution in [2.75, 3.05) is 26.7 Å². The Morgan fingerprint density at radius 3 is 2.86 bits per heavy atom. The van der Waals surface area contributed by atoms with Gasteiger partial charge >= 0.3 is 0 Å². The average Bonchev–Trinajstić information content (AvgIpc) is 3.15. The van der Waals surface area contributed by atoms with Crippen molar-refractivity contribution in [2.45, 2.75) is 39.0 Å². The van der Waals surface area contributed by atoms with Crippen LogP contribution in [0, 0.1) is 5.82 Å². The van der Waals surface area contributed by atoms with Crippen molar-refractivity contribution < 1.29 is 13.9 Å². The molecule has 2 aromatic carbocycles. The Bertz CT molecular complexity index is 787. The van der Waals surface area contributed by atoms with Gasteiger partial charge < -0.3 is 14.8 Å². The van der Waals surface area contributed by atoms with E-state index >= 15 is 0 Å². The fourth-order valence-corrected chi connectivity index (χ4v) is 4.31. The maximum atomic E-state index is 13.8. The normalized spacial score (nSPS) is 17.1. The molecule has 1 fully saturated rings. The van der Waals surface area contributed by atoms with E-state index in [0.717, 1.165) is 29.7 Å². The molecule has 1 saturated heterocycles. The van der Waals surface area contributed by atoms with E-state index in [2.05, 4.69) is 33.1 Å². The quantitative estimate of drug-likeness (QED) is 0.597. The second kappa shape index (κ2) is 10.2. The van der Waals surface area contributed by atoms with Gasteiger partial charge in [-0.2, -0.15) is 0 Å². The first kappa shape index (κ1) is 21.1. The summed E-state index contributed by atoms with van der Waals surface area (Å²) in [6.45, 7) is 6.43. The summed E-state index contributed by atoms with van der Waals surface area (Å²) < 4.78 is 26.0. The lowest BCUT2D eigenvalue weighted by Gasteiger charge is -2.23. The van der Waals surface area contributed by atoms with Crippen molar-refractivity contribution >= 4 is 15.9 Å². The van der Waals surface area contributed by atoms with Gasteiger partial charge in [-0.05, 0) is 65.6 Å². The highest BCUT2D eigenvalue weighted by Gasteiger charge is 2.22. The molecule has 0 amide bonds. The van der Waals surface area contributed by atoms with Crippen LogP contribution in [-0.4, -0.2) is 37.7 Å². The summed E-state index contributed by atoms with van der Waals surface area (Å²) in [5.74, 6) is 0.951. The first-order chi connectivity index (χ1) is 13.6. The standard InChI is InChI=1S/C22H28BrFN2O2/c1-3-26-10-6-8-18(26)14-25-13-16-11-19(23)22(21(12-16)27-2)28-15-17-7-4-5-9-20(17)24/h4-5,7,9,11-12,18,25H,3,6,8,10,13-15H2,1-2H3/t18-/m0/s1. The summed E-state index contributed by atoms with van der Waals surface area (Å²) in [4.78, 5) is 2.53. The molecule has 0 aromatic heterocycles. The summed E-state index contributed by atoms with van der Waals surface area (Å²) in [5.41, 5.74) is 1.63. The van der Waals surface area contributed by atoms with E-state index in [1.165, 1.54) is 25.5 Å². The molecule has 0 aliphatic carbocycles. The van der Waals surface area contributed by atoms with Gasteiger partial charge in [-0.3, -0.25) is 4.90 Å². The van der Waals surface area contributed by atoms with Gasteiger partial charge in [0.05, 0.1) is 11.6 Å². The minimum atomic E-state index is -0.272. The van der Waals surface area contributed by atoms with E-state index in [9.17, 15) is 4.39 Å².